The maximum atomic E-state index is 12.5. The molecule has 1 aromatic rings. The number of rotatable bonds is 4. The van der Waals surface area contributed by atoms with Crippen LogP contribution >= 0.6 is 27.5 Å². The molecular formula is C18H24BrClN2O3. The van der Waals surface area contributed by atoms with E-state index in [4.69, 9.17) is 16.3 Å². The van der Waals surface area contributed by atoms with Crippen LogP contribution in [0.1, 0.15) is 52.9 Å². The lowest BCUT2D eigenvalue weighted by molar-refractivity contribution is -0.156. The number of amides is 1. The molecular weight excluding hydrogens is 408 g/mol. The summed E-state index contributed by atoms with van der Waals surface area (Å²) < 4.78 is 6.08. The van der Waals surface area contributed by atoms with E-state index in [9.17, 15) is 9.59 Å². The molecule has 2 atom stereocenters. The van der Waals surface area contributed by atoms with E-state index in [-0.39, 0.29) is 23.7 Å². The van der Waals surface area contributed by atoms with Crippen LogP contribution < -0.4 is 5.32 Å². The molecule has 1 aliphatic carbocycles. The molecule has 2 rings (SSSR count). The first-order valence-corrected chi connectivity index (χ1v) is 9.65. The van der Waals surface area contributed by atoms with Crippen LogP contribution in [0.2, 0.25) is 5.02 Å². The summed E-state index contributed by atoms with van der Waals surface area (Å²) in [6.45, 7) is 5.58. The van der Waals surface area contributed by atoms with E-state index in [1.807, 2.05) is 20.8 Å². The Balaban J connectivity index is 1.90. The smallest absolute Gasteiger partial charge is 0.306 e. The van der Waals surface area contributed by atoms with Gasteiger partial charge in [0.2, 0.25) is 5.91 Å². The Kier molecular flexibility index (Phi) is 6.86. The Morgan fingerprint density at radius 1 is 1.40 bits per heavy atom. The van der Waals surface area contributed by atoms with Gasteiger partial charge >= 0.3 is 5.97 Å². The van der Waals surface area contributed by atoms with E-state index in [1.165, 1.54) is 6.20 Å². The normalized spacial score (nSPS) is 20.8. The summed E-state index contributed by atoms with van der Waals surface area (Å²) >= 11 is 9.23. The van der Waals surface area contributed by atoms with Crippen LogP contribution in [0.25, 0.3) is 0 Å². The molecule has 0 saturated heterocycles. The second-order valence-corrected chi connectivity index (χ2v) is 8.75. The predicted molar refractivity (Wildman–Crippen MR) is 101 cm³/mol. The largest absolute Gasteiger partial charge is 0.460 e. The third kappa shape index (κ3) is 6.59. The van der Waals surface area contributed by atoms with Gasteiger partial charge in [-0.25, -0.2) is 4.98 Å². The number of anilines is 1. The van der Waals surface area contributed by atoms with E-state index in [0.29, 0.717) is 28.2 Å². The quantitative estimate of drug-likeness (QED) is 0.683. The Morgan fingerprint density at radius 2 is 2.12 bits per heavy atom. The first-order chi connectivity index (χ1) is 11.6. The Morgan fingerprint density at radius 3 is 2.76 bits per heavy atom. The second kappa shape index (κ2) is 8.49. The summed E-state index contributed by atoms with van der Waals surface area (Å²) in [5.41, 5.74) is -0.476. The molecule has 0 bridgehead atoms. The highest BCUT2D eigenvalue weighted by atomic mass is 79.9. The minimum absolute atomic E-state index is 0.0596. The second-order valence-electron chi connectivity index (χ2n) is 7.49. The number of hydrogen-bond donors (Lipinski definition) is 1. The maximum Gasteiger partial charge on any atom is 0.306 e. The number of ether oxygens (including phenoxy) is 1. The maximum absolute atomic E-state index is 12.5. The van der Waals surface area contributed by atoms with Gasteiger partial charge in [0, 0.05) is 23.0 Å². The van der Waals surface area contributed by atoms with Gasteiger partial charge in [0.15, 0.2) is 0 Å². The zero-order valence-electron chi connectivity index (χ0n) is 14.8. The van der Waals surface area contributed by atoms with Crippen molar-refractivity contribution in [2.24, 2.45) is 11.8 Å². The van der Waals surface area contributed by atoms with Crippen LogP contribution in [-0.2, 0) is 14.3 Å². The van der Waals surface area contributed by atoms with Gasteiger partial charge in [-0.05, 0) is 67.9 Å². The van der Waals surface area contributed by atoms with Crippen LogP contribution in [-0.4, -0.2) is 22.5 Å². The monoisotopic (exact) mass is 430 g/mol. The van der Waals surface area contributed by atoms with E-state index < -0.39 is 5.60 Å². The summed E-state index contributed by atoms with van der Waals surface area (Å²) in [5.74, 6) is 0.287. The first-order valence-electron chi connectivity index (χ1n) is 8.48. The SMILES string of the molecule is CC(C)(C)OC(=O)C[C@@H]1CCC[C@H](C(=O)Nc2cc(Br)c(Cl)cn2)C1. The van der Waals surface area contributed by atoms with Gasteiger partial charge in [-0.2, -0.15) is 0 Å². The lowest BCUT2D eigenvalue weighted by atomic mass is 9.79. The fraction of sp³-hybridized carbons (Fsp3) is 0.611. The van der Waals surface area contributed by atoms with E-state index in [0.717, 1.165) is 19.3 Å². The molecule has 0 aromatic carbocycles. The predicted octanol–water partition coefficient (Wildman–Crippen LogP) is 4.97. The molecule has 7 heteroatoms. The van der Waals surface area contributed by atoms with Gasteiger partial charge in [0.05, 0.1) is 5.02 Å². The zero-order valence-corrected chi connectivity index (χ0v) is 17.1. The topological polar surface area (TPSA) is 68.3 Å². The molecule has 0 spiro atoms. The molecule has 1 heterocycles. The summed E-state index contributed by atoms with van der Waals surface area (Å²) in [7, 11) is 0. The highest BCUT2D eigenvalue weighted by molar-refractivity contribution is 9.10. The molecule has 1 amide bonds. The fourth-order valence-corrected chi connectivity index (χ4v) is 3.47. The number of carbonyl (C=O) groups excluding carboxylic acids is 2. The molecule has 0 aliphatic heterocycles. The highest BCUT2D eigenvalue weighted by Gasteiger charge is 2.30. The highest BCUT2D eigenvalue weighted by Crippen LogP contribution is 2.33. The van der Waals surface area contributed by atoms with Crippen LogP contribution in [0, 0.1) is 11.8 Å². The molecule has 1 saturated carbocycles. The lowest BCUT2D eigenvalue weighted by Gasteiger charge is -2.29. The Hall–Kier alpha value is -1.14. The lowest BCUT2D eigenvalue weighted by Crippen LogP contribution is -2.31. The van der Waals surface area contributed by atoms with Gasteiger partial charge in [0.25, 0.3) is 0 Å². The zero-order chi connectivity index (χ0) is 18.6. The average molecular weight is 432 g/mol. The summed E-state index contributed by atoms with van der Waals surface area (Å²) in [5, 5.41) is 3.33. The fourth-order valence-electron chi connectivity index (χ4n) is 3.04. The summed E-state index contributed by atoms with van der Waals surface area (Å²) in [4.78, 5) is 28.6. The number of nitrogens with zero attached hydrogens (tertiary/aromatic N) is 1. The van der Waals surface area contributed by atoms with Gasteiger partial charge < -0.3 is 10.1 Å². The molecule has 5 nitrogen and oxygen atoms in total. The van der Waals surface area contributed by atoms with Crippen LogP contribution in [0.15, 0.2) is 16.7 Å². The number of aromatic nitrogens is 1. The molecule has 1 fully saturated rings. The minimum Gasteiger partial charge on any atom is -0.460 e. The molecule has 1 N–H and O–H groups in total. The van der Waals surface area contributed by atoms with Crippen LogP contribution in [0.3, 0.4) is 0 Å². The molecule has 138 valence electrons. The first kappa shape index (κ1) is 20.2. The minimum atomic E-state index is -0.476. The number of halogens is 2. The van der Waals surface area contributed by atoms with Crippen molar-refractivity contribution in [2.75, 3.05) is 5.32 Å². The van der Waals surface area contributed by atoms with Crippen molar-refractivity contribution >= 4 is 45.2 Å². The third-order valence-electron chi connectivity index (χ3n) is 4.09. The Labute approximate surface area is 162 Å². The van der Waals surface area contributed by atoms with Crippen molar-refractivity contribution in [1.29, 1.82) is 0 Å². The van der Waals surface area contributed by atoms with Gasteiger partial charge in [0.1, 0.15) is 11.4 Å². The standard InChI is InChI=1S/C18H24BrClN2O3/c1-18(2,3)25-16(23)8-11-5-4-6-12(7-11)17(24)22-15-9-13(19)14(20)10-21-15/h9-12H,4-8H2,1-3H3,(H,21,22,24)/t11-,12+/m1/s1. The summed E-state index contributed by atoms with van der Waals surface area (Å²) in [6.07, 6.45) is 5.27. The van der Waals surface area contributed by atoms with E-state index >= 15 is 0 Å². The van der Waals surface area contributed by atoms with Crippen molar-refractivity contribution in [3.05, 3.63) is 21.8 Å². The third-order valence-corrected chi connectivity index (χ3v) is 5.27. The van der Waals surface area contributed by atoms with Crippen LogP contribution in [0.5, 0.6) is 0 Å². The number of hydrogen-bond acceptors (Lipinski definition) is 4. The molecule has 25 heavy (non-hydrogen) atoms. The number of nitrogens with one attached hydrogen (secondary N) is 1. The van der Waals surface area contributed by atoms with E-state index in [2.05, 4.69) is 26.2 Å². The van der Waals surface area contributed by atoms with Crippen molar-refractivity contribution in [3.63, 3.8) is 0 Å². The van der Waals surface area contributed by atoms with Crippen molar-refractivity contribution in [3.8, 4) is 0 Å². The van der Waals surface area contributed by atoms with Crippen molar-refractivity contribution in [1.82, 2.24) is 4.98 Å². The molecule has 1 aliphatic rings. The van der Waals surface area contributed by atoms with Crippen molar-refractivity contribution < 1.29 is 14.3 Å². The summed E-state index contributed by atoms with van der Waals surface area (Å²) in [6, 6.07) is 1.68. The average Bonchev–Trinajstić information content (AvgIpc) is 2.49. The van der Waals surface area contributed by atoms with Gasteiger partial charge in [-0.3, -0.25) is 9.59 Å². The molecule has 1 aromatic heterocycles. The van der Waals surface area contributed by atoms with Crippen LogP contribution in [0.4, 0.5) is 5.82 Å². The van der Waals surface area contributed by atoms with E-state index in [1.54, 1.807) is 6.07 Å². The van der Waals surface area contributed by atoms with Crippen molar-refractivity contribution in [2.45, 2.75) is 58.5 Å². The Bertz CT molecular complexity index is 646. The van der Waals surface area contributed by atoms with Gasteiger partial charge in [-0.1, -0.05) is 18.0 Å². The number of esters is 1. The molecule has 0 radical (unpaired) electrons. The number of carbonyl (C=O) groups is 2. The van der Waals surface area contributed by atoms with Gasteiger partial charge in [-0.15, -0.1) is 0 Å². The molecule has 0 unspecified atom stereocenters. The number of pyridine rings is 1.